The molecule has 0 aliphatic rings. The number of nitrogens with one attached hydrogen (secondary N) is 3. The number of anilines is 2. The van der Waals surface area contributed by atoms with Crippen molar-refractivity contribution in [3.63, 3.8) is 0 Å². The zero-order valence-electron chi connectivity index (χ0n) is 23.4. The average molecular weight is 624 g/mol. The molecule has 0 saturated carbocycles. The van der Waals surface area contributed by atoms with Gasteiger partial charge in [0.2, 0.25) is 11.0 Å². The Morgan fingerprint density at radius 2 is 1.48 bits per heavy atom. The topological polar surface area (TPSA) is 113 Å². The molecule has 220 valence electrons. The van der Waals surface area contributed by atoms with E-state index in [4.69, 9.17) is 0 Å². The number of nitrogens with zero attached hydrogens (tertiary/aromatic N) is 2. The third-order valence-electron chi connectivity index (χ3n) is 6.20. The maximum absolute atomic E-state index is 14.4. The Morgan fingerprint density at radius 3 is 2.14 bits per heavy atom. The van der Waals surface area contributed by atoms with Crippen molar-refractivity contribution in [3.8, 4) is 0 Å². The first kappa shape index (κ1) is 30.3. The van der Waals surface area contributed by atoms with E-state index in [1.165, 1.54) is 47.4 Å². The summed E-state index contributed by atoms with van der Waals surface area (Å²) in [5.41, 5.74) is 1.62. The largest absolute Gasteiger partial charge is 0.321 e. The fraction of sp³-hybridized carbons (Fsp3) is 0.0606. The first-order chi connectivity index (χ1) is 21.4. The van der Waals surface area contributed by atoms with Gasteiger partial charge in [-0.05, 0) is 61.0 Å². The number of halogens is 1. The zero-order valence-corrected chi connectivity index (χ0v) is 25.0. The smallest absolute Gasteiger partial charge is 0.272 e. The summed E-state index contributed by atoms with van der Waals surface area (Å²) in [6.45, 7) is 1.81. The van der Waals surface area contributed by atoms with Crippen LogP contribution in [0.1, 0.15) is 31.7 Å². The molecule has 5 aromatic rings. The second-order valence-electron chi connectivity index (χ2n) is 9.40. The van der Waals surface area contributed by atoms with Crippen molar-refractivity contribution < 1.29 is 18.8 Å². The van der Waals surface area contributed by atoms with E-state index in [-0.39, 0.29) is 17.2 Å². The van der Waals surface area contributed by atoms with Crippen LogP contribution >= 0.6 is 23.1 Å². The van der Waals surface area contributed by atoms with Crippen molar-refractivity contribution in [2.75, 3.05) is 10.6 Å². The number of rotatable bonds is 10. The lowest BCUT2D eigenvalue weighted by molar-refractivity contribution is -0.116. The van der Waals surface area contributed by atoms with Gasteiger partial charge in [0.05, 0.1) is 0 Å². The molecule has 1 aromatic heterocycles. The first-order valence-corrected chi connectivity index (χ1v) is 15.1. The van der Waals surface area contributed by atoms with E-state index in [1.54, 1.807) is 60.7 Å². The molecule has 0 saturated heterocycles. The SMILES string of the molecule is Cc1nnc(NC(=O)C(Sc2ccc(NC(=O)/C(=C/c3ccccc3F)NC(=O)c3ccccc3)cc2)c2ccccc2)s1. The molecule has 8 nitrogen and oxygen atoms in total. The van der Waals surface area contributed by atoms with Gasteiger partial charge in [0.15, 0.2) is 0 Å². The van der Waals surface area contributed by atoms with E-state index in [0.29, 0.717) is 16.4 Å². The lowest BCUT2D eigenvalue weighted by Crippen LogP contribution is -2.30. The number of aromatic nitrogens is 2. The molecule has 4 aromatic carbocycles. The Balaban J connectivity index is 1.33. The first-order valence-electron chi connectivity index (χ1n) is 13.4. The molecule has 1 atom stereocenters. The Labute approximate surface area is 261 Å². The number of amides is 3. The highest BCUT2D eigenvalue weighted by atomic mass is 32.2. The summed E-state index contributed by atoms with van der Waals surface area (Å²) in [5, 5.41) is 16.7. The molecule has 0 aliphatic heterocycles. The molecular weight excluding hydrogens is 598 g/mol. The summed E-state index contributed by atoms with van der Waals surface area (Å²) in [5.74, 6) is -1.92. The summed E-state index contributed by atoms with van der Waals surface area (Å²) in [6, 6.07) is 30.7. The maximum atomic E-state index is 14.4. The van der Waals surface area contributed by atoms with E-state index in [2.05, 4.69) is 26.1 Å². The minimum Gasteiger partial charge on any atom is -0.321 e. The number of benzene rings is 4. The second-order valence-corrected chi connectivity index (χ2v) is 11.8. The maximum Gasteiger partial charge on any atom is 0.272 e. The van der Waals surface area contributed by atoms with Gasteiger partial charge in [0.1, 0.15) is 21.8 Å². The summed E-state index contributed by atoms with van der Waals surface area (Å²) in [4.78, 5) is 40.2. The van der Waals surface area contributed by atoms with E-state index in [1.807, 2.05) is 37.3 Å². The standard InChI is InChI=1S/C33H26FN5O3S2/c1-21-38-39-33(43-21)37-32(42)29(22-10-4-2-5-11-22)44-26-18-16-25(17-19-26)35-31(41)28(20-24-14-8-9-15-27(24)34)36-30(40)23-12-6-3-7-13-23/h2-20,29H,1H3,(H,35,41)(H,36,40)(H,37,39,42)/b28-20-. The molecule has 0 spiro atoms. The summed E-state index contributed by atoms with van der Waals surface area (Å²) in [6.07, 6.45) is 1.29. The predicted molar refractivity (Wildman–Crippen MR) is 172 cm³/mol. The molecule has 0 radical (unpaired) electrons. The molecule has 0 bridgehead atoms. The Morgan fingerprint density at radius 1 is 0.818 bits per heavy atom. The number of carbonyl (C=O) groups is 3. The van der Waals surface area contributed by atoms with E-state index in [9.17, 15) is 18.8 Å². The molecule has 0 fully saturated rings. The number of carbonyl (C=O) groups excluding carboxylic acids is 3. The van der Waals surface area contributed by atoms with Crippen molar-refractivity contribution >= 4 is 57.7 Å². The minimum atomic E-state index is -0.633. The number of aryl methyl sites for hydroxylation is 1. The molecule has 1 unspecified atom stereocenters. The van der Waals surface area contributed by atoms with Gasteiger partial charge in [-0.2, -0.15) is 0 Å². The van der Waals surface area contributed by atoms with Gasteiger partial charge in [-0.15, -0.1) is 22.0 Å². The van der Waals surface area contributed by atoms with Crippen LogP contribution in [-0.2, 0) is 9.59 Å². The van der Waals surface area contributed by atoms with E-state index >= 15 is 0 Å². The highest BCUT2D eigenvalue weighted by molar-refractivity contribution is 8.00. The predicted octanol–water partition coefficient (Wildman–Crippen LogP) is 6.87. The molecule has 0 aliphatic carbocycles. The van der Waals surface area contributed by atoms with E-state index in [0.717, 1.165) is 15.5 Å². The Kier molecular flexibility index (Phi) is 9.90. The molecule has 1 heterocycles. The van der Waals surface area contributed by atoms with Gasteiger partial charge in [0, 0.05) is 21.7 Å². The number of hydrogen-bond donors (Lipinski definition) is 3. The van der Waals surface area contributed by atoms with Crippen molar-refractivity contribution in [2.24, 2.45) is 0 Å². The van der Waals surface area contributed by atoms with Crippen LogP contribution < -0.4 is 16.0 Å². The van der Waals surface area contributed by atoms with Crippen molar-refractivity contribution in [2.45, 2.75) is 17.1 Å². The monoisotopic (exact) mass is 623 g/mol. The molecular formula is C33H26FN5O3S2. The van der Waals surface area contributed by atoms with Gasteiger partial charge in [-0.1, -0.05) is 78.1 Å². The van der Waals surface area contributed by atoms with Crippen LogP contribution in [0.4, 0.5) is 15.2 Å². The Hall–Kier alpha value is -5.13. The highest BCUT2D eigenvalue weighted by Gasteiger charge is 2.23. The van der Waals surface area contributed by atoms with E-state index < -0.39 is 22.9 Å². The molecule has 11 heteroatoms. The van der Waals surface area contributed by atoms with Crippen LogP contribution in [0.25, 0.3) is 6.08 Å². The van der Waals surface area contributed by atoms with Gasteiger partial charge < -0.3 is 10.6 Å². The number of hydrogen-bond acceptors (Lipinski definition) is 7. The quantitative estimate of drug-likeness (QED) is 0.116. The van der Waals surface area contributed by atoms with Gasteiger partial charge in [-0.3, -0.25) is 19.7 Å². The lowest BCUT2D eigenvalue weighted by atomic mass is 10.1. The minimum absolute atomic E-state index is 0.130. The molecule has 3 amide bonds. The van der Waals surface area contributed by atoms with Crippen molar-refractivity contribution in [1.82, 2.24) is 15.5 Å². The van der Waals surface area contributed by atoms with Crippen molar-refractivity contribution in [1.29, 1.82) is 0 Å². The molecule has 3 N–H and O–H groups in total. The Bertz CT molecular complexity index is 1800. The van der Waals surface area contributed by atoms with Crippen LogP contribution in [0.5, 0.6) is 0 Å². The summed E-state index contributed by atoms with van der Waals surface area (Å²) < 4.78 is 14.4. The second kappa shape index (κ2) is 14.4. The summed E-state index contributed by atoms with van der Waals surface area (Å²) >= 11 is 2.63. The molecule has 5 rings (SSSR count). The van der Waals surface area contributed by atoms with Gasteiger partial charge in [0.25, 0.3) is 11.8 Å². The van der Waals surface area contributed by atoms with Crippen molar-refractivity contribution in [3.05, 3.63) is 142 Å². The highest BCUT2D eigenvalue weighted by Crippen LogP contribution is 2.37. The van der Waals surface area contributed by atoms with Crippen LogP contribution in [0, 0.1) is 12.7 Å². The third kappa shape index (κ3) is 8.03. The molecule has 44 heavy (non-hydrogen) atoms. The third-order valence-corrected chi connectivity index (χ3v) is 8.22. The number of thioether (sulfide) groups is 1. The zero-order chi connectivity index (χ0) is 30.9. The lowest BCUT2D eigenvalue weighted by Gasteiger charge is -2.16. The van der Waals surface area contributed by atoms with Gasteiger partial charge >= 0.3 is 0 Å². The normalized spacial score (nSPS) is 11.8. The van der Waals surface area contributed by atoms with Crippen LogP contribution in [0.15, 0.2) is 120 Å². The van der Waals surface area contributed by atoms with Crippen LogP contribution in [0.2, 0.25) is 0 Å². The van der Waals surface area contributed by atoms with Gasteiger partial charge in [-0.25, -0.2) is 4.39 Å². The fourth-order valence-electron chi connectivity index (χ4n) is 4.06. The summed E-state index contributed by atoms with van der Waals surface area (Å²) in [7, 11) is 0. The van der Waals surface area contributed by atoms with Crippen LogP contribution in [0.3, 0.4) is 0 Å². The van der Waals surface area contributed by atoms with Crippen LogP contribution in [-0.4, -0.2) is 27.9 Å². The average Bonchev–Trinajstić information content (AvgIpc) is 3.46. The fourth-order valence-corrected chi connectivity index (χ4v) is 5.68.